The summed E-state index contributed by atoms with van der Waals surface area (Å²) in [5.41, 5.74) is 6.39. The number of fused-ring (bicyclic) bond motifs is 1. The highest BCUT2D eigenvalue weighted by molar-refractivity contribution is 7.80. The van der Waals surface area contributed by atoms with Crippen LogP contribution in [0.1, 0.15) is 30.4 Å². The molecular formula is C27H32N4OS. The molecular weight excluding hydrogens is 428 g/mol. The number of hydrogen-bond donors (Lipinski definition) is 2. The zero-order valence-corrected chi connectivity index (χ0v) is 20.1. The maximum absolute atomic E-state index is 5.66. The Morgan fingerprint density at radius 3 is 2.64 bits per heavy atom. The molecule has 6 heteroatoms. The van der Waals surface area contributed by atoms with Gasteiger partial charge in [-0.2, -0.15) is 0 Å². The van der Waals surface area contributed by atoms with Gasteiger partial charge in [-0.3, -0.25) is 0 Å². The van der Waals surface area contributed by atoms with Gasteiger partial charge < -0.3 is 24.8 Å². The Bertz CT molecular complexity index is 1140. The van der Waals surface area contributed by atoms with E-state index < -0.39 is 0 Å². The van der Waals surface area contributed by atoms with Crippen LogP contribution in [0.25, 0.3) is 16.5 Å². The lowest BCUT2D eigenvalue weighted by atomic mass is 9.97. The number of nitrogens with zero attached hydrogens (tertiary/aromatic N) is 2. The number of nitrogens with one attached hydrogen (secondary N) is 2. The van der Waals surface area contributed by atoms with Crippen molar-refractivity contribution in [2.24, 2.45) is 0 Å². The molecule has 0 unspecified atom stereocenters. The molecule has 2 aliphatic heterocycles. The predicted octanol–water partition coefficient (Wildman–Crippen LogP) is 5.30. The Morgan fingerprint density at radius 1 is 1.09 bits per heavy atom. The smallest absolute Gasteiger partial charge is 0.173 e. The molecule has 0 aliphatic carbocycles. The number of anilines is 1. The summed E-state index contributed by atoms with van der Waals surface area (Å²) in [5, 5.41) is 5.48. The van der Waals surface area contributed by atoms with Gasteiger partial charge in [-0.05, 0) is 104 Å². The number of methoxy groups -OCH3 is 1. The average Bonchev–Trinajstić information content (AvgIpc) is 3.53. The van der Waals surface area contributed by atoms with E-state index in [9.17, 15) is 0 Å². The normalized spacial score (nSPS) is 16.8. The lowest BCUT2D eigenvalue weighted by molar-refractivity contribution is 0.344. The zero-order valence-electron chi connectivity index (χ0n) is 19.3. The highest BCUT2D eigenvalue weighted by atomic mass is 32.1. The second-order valence-electron chi connectivity index (χ2n) is 8.96. The van der Waals surface area contributed by atoms with E-state index in [4.69, 9.17) is 17.0 Å². The van der Waals surface area contributed by atoms with Crippen molar-refractivity contribution < 1.29 is 4.74 Å². The van der Waals surface area contributed by atoms with Gasteiger partial charge in [0.2, 0.25) is 0 Å². The van der Waals surface area contributed by atoms with Crippen LogP contribution in [0, 0.1) is 0 Å². The molecule has 1 saturated heterocycles. The molecule has 0 saturated carbocycles. The SMILES string of the molecule is COc1ccc(NC(=S)N2CC=C(c3ccc4[nH]cc(CCN5CCCC5)c4c3)CC2)cc1. The second kappa shape index (κ2) is 9.98. The third-order valence-electron chi connectivity index (χ3n) is 6.87. The minimum atomic E-state index is 0.765. The summed E-state index contributed by atoms with van der Waals surface area (Å²) in [6.07, 6.45) is 9.32. The molecule has 0 bridgehead atoms. The maximum Gasteiger partial charge on any atom is 0.173 e. The molecule has 2 aromatic carbocycles. The second-order valence-corrected chi connectivity index (χ2v) is 9.34. The molecule has 1 fully saturated rings. The monoisotopic (exact) mass is 460 g/mol. The van der Waals surface area contributed by atoms with E-state index in [1.807, 2.05) is 24.3 Å². The number of rotatable bonds is 6. The Balaban J connectivity index is 1.23. The van der Waals surface area contributed by atoms with Crippen LogP contribution in [-0.2, 0) is 6.42 Å². The molecule has 0 radical (unpaired) electrons. The average molecular weight is 461 g/mol. The van der Waals surface area contributed by atoms with E-state index in [-0.39, 0.29) is 0 Å². The first-order valence-electron chi connectivity index (χ1n) is 11.9. The Morgan fingerprint density at radius 2 is 1.91 bits per heavy atom. The van der Waals surface area contributed by atoms with Crippen molar-refractivity contribution in [3.63, 3.8) is 0 Å². The van der Waals surface area contributed by atoms with Crippen molar-refractivity contribution in [2.45, 2.75) is 25.7 Å². The van der Waals surface area contributed by atoms with E-state index in [1.54, 1.807) is 7.11 Å². The Hall–Kier alpha value is -2.83. The lowest BCUT2D eigenvalue weighted by Gasteiger charge is -2.29. The Kier molecular flexibility index (Phi) is 6.65. The minimum absolute atomic E-state index is 0.765. The summed E-state index contributed by atoms with van der Waals surface area (Å²) in [6.45, 7) is 5.41. The van der Waals surface area contributed by atoms with E-state index in [0.717, 1.165) is 49.0 Å². The lowest BCUT2D eigenvalue weighted by Crippen LogP contribution is -2.37. The van der Waals surface area contributed by atoms with Crippen LogP contribution in [0.3, 0.4) is 0 Å². The fraction of sp³-hybridized carbons (Fsp3) is 0.370. The topological polar surface area (TPSA) is 43.5 Å². The van der Waals surface area contributed by atoms with Gasteiger partial charge in [0, 0.05) is 42.4 Å². The van der Waals surface area contributed by atoms with Crippen LogP contribution in [-0.4, -0.2) is 59.7 Å². The van der Waals surface area contributed by atoms with E-state index in [0.29, 0.717) is 0 Å². The van der Waals surface area contributed by atoms with Crippen molar-refractivity contribution in [3.8, 4) is 5.75 Å². The van der Waals surface area contributed by atoms with Gasteiger partial charge in [0.25, 0.3) is 0 Å². The molecule has 0 spiro atoms. The number of benzene rings is 2. The number of H-pyrrole nitrogens is 1. The van der Waals surface area contributed by atoms with Crippen LogP contribution in [0.5, 0.6) is 5.75 Å². The van der Waals surface area contributed by atoms with E-state index >= 15 is 0 Å². The molecule has 3 heterocycles. The number of aromatic amines is 1. The predicted molar refractivity (Wildman–Crippen MR) is 141 cm³/mol. The first-order chi connectivity index (χ1) is 16.2. The quantitative estimate of drug-likeness (QED) is 0.489. The number of thiocarbonyl (C=S) groups is 1. The molecule has 5 rings (SSSR count). The summed E-state index contributed by atoms with van der Waals surface area (Å²) >= 11 is 5.66. The summed E-state index contributed by atoms with van der Waals surface area (Å²) in [5.74, 6) is 0.843. The molecule has 1 aromatic heterocycles. The summed E-state index contributed by atoms with van der Waals surface area (Å²) < 4.78 is 5.23. The van der Waals surface area contributed by atoms with Gasteiger partial charge in [0.15, 0.2) is 5.11 Å². The molecule has 0 amide bonds. The van der Waals surface area contributed by atoms with Crippen LogP contribution in [0.15, 0.2) is 54.7 Å². The number of hydrogen-bond acceptors (Lipinski definition) is 3. The van der Waals surface area contributed by atoms with Gasteiger partial charge in [-0.25, -0.2) is 0 Å². The van der Waals surface area contributed by atoms with E-state index in [1.165, 1.54) is 53.5 Å². The summed E-state index contributed by atoms with van der Waals surface area (Å²) in [7, 11) is 1.67. The standard InChI is InChI=1S/C27H32N4OS/c1-32-24-7-5-23(6-8-24)29-27(33)31-16-11-20(12-17-31)21-4-9-26-25(18-21)22(19-28-26)10-15-30-13-2-3-14-30/h4-9,11,18-19,28H,2-3,10,12-17H2,1H3,(H,29,33). The van der Waals surface area contributed by atoms with Crippen molar-refractivity contribution in [2.75, 3.05) is 45.2 Å². The van der Waals surface area contributed by atoms with Crippen LogP contribution in [0.4, 0.5) is 5.69 Å². The summed E-state index contributed by atoms with van der Waals surface area (Å²) in [6, 6.07) is 14.7. The minimum Gasteiger partial charge on any atom is -0.497 e. The van der Waals surface area contributed by atoms with Crippen LogP contribution >= 0.6 is 12.2 Å². The van der Waals surface area contributed by atoms with Crippen molar-refractivity contribution in [1.82, 2.24) is 14.8 Å². The van der Waals surface area contributed by atoms with Crippen molar-refractivity contribution >= 4 is 39.5 Å². The molecule has 3 aromatic rings. The number of likely N-dealkylation sites (tertiary alicyclic amines) is 1. The molecule has 0 atom stereocenters. The molecule has 172 valence electrons. The van der Waals surface area contributed by atoms with Gasteiger partial charge in [0.1, 0.15) is 5.75 Å². The maximum atomic E-state index is 5.66. The summed E-state index contributed by atoms with van der Waals surface area (Å²) in [4.78, 5) is 8.28. The molecule has 33 heavy (non-hydrogen) atoms. The first kappa shape index (κ1) is 22.0. The van der Waals surface area contributed by atoms with Gasteiger partial charge in [-0.1, -0.05) is 12.1 Å². The van der Waals surface area contributed by atoms with E-state index in [2.05, 4.69) is 50.6 Å². The van der Waals surface area contributed by atoms with Crippen molar-refractivity contribution in [1.29, 1.82) is 0 Å². The molecule has 5 nitrogen and oxygen atoms in total. The fourth-order valence-electron chi connectivity index (χ4n) is 4.86. The number of aromatic nitrogens is 1. The highest BCUT2D eigenvalue weighted by Gasteiger charge is 2.17. The Labute approximate surface area is 201 Å². The fourth-order valence-corrected chi connectivity index (χ4v) is 5.15. The van der Waals surface area contributed by atoms with Gasteiger partial charge >= 0.3 is 0 Å². The van der Waals surface area contributed by atoms with Crippen LogP contribution < -0.4 is 10.1 Å². The van der Waals surface area contributed by atoms with Crippen molar-refractivity contribution in [3.05, 3.63) is 65.9 Å². The van der Waals surface area contributed by atoms with Gasteiger partial charge in [-0.15, -0.1) is 0 Å². The first-order valence-corrected chi connectivity index (χ1v) is 12.3. The zero-order chi connectivity index (χ0) is 22.6. The third kappa shape index (κ3) is 5.07. The van der Waals surface area contributed by atoms with Gasteiger partial charge in [0.05, 0.1) is 7.11 Å². The number of ether oxygens (including phenoxy) is 1. The molecule has 2 N–H and O–H groups in total. The van der Waals surface area contributed by atoms with Crippen LogP contribution in [0.2, 0.25) is 0 Å². The highest BCUT2D eigenvalue weighted by Crippen LogP contribution is 2.28. The largest absolute Gasteiger partial charge is 0.497 e. The third-order valence-corrected chi connectivity index (χ3v) is 7.23. The molecule has 2 aliphatic rings.